The fraction of sp³-hybridized carbons (Fsp3) is 0.316. The Kier molecular flexibility index (Phi) is 5.40. The molecule has 1 amide bonds. The third-order valence-electron chi connectivity index (χ3n) is 4.33. The molecule has 0 aliphatic carbocycles. The summed E-state index contributed by atoms with van der Waals surface area (Å²) in [6, 6.07) is 14.5. The Morgan fingerprint density at radius 2 is 1.68 bits per heavy atom. The van der Waals surface area contributed by atoms with Gasteiger partial charge in [0.15, 0.2) is 0 Å². The smallest absolute Gasteiger partial charge is 0.238 e. The van der Waals surface area contributed by atoms with Gasteiger partial charge in [0, 0.05) is 37.6 Å². The molecule has 132 valence electrons. The van der Waals surface area contributed by atoms with Crippen molar-refractivity contribution >= 4 is 17.3 Å². The lowest BCUT2D eigenvalue weighted by molar-refractivity contribution is -0.117. The van der Waals surface area contributed by atoms with Gasteiger partial charge in [-0.1, -0.05) is 0 Å². The highest BCUT2D eigenvalue weighted by Crippen LogP contribution is 2.20. The van der Waals surface area contributed by atoms with E-state index in [1.54, 1.807) is 19.2 Å². The Morgan fingerprint density at radius 3 is 2.28 bits per heavy atom. The van der Waals surface area contributed by atoms with Gasteiger partial charge in [-0.05, 0) is 48.5 Å². The number of phenolic OH excluding ortho intramolecular Hbond substituents is 1. The van der Waals surface area contributed by atoms with Crippen LogP contribution in [0, 0.1) is 0 Å². The summed E-state index contributed by atoms with van der Waals surface area (Å²) in [5.41, 5.74) is 1.87. The van der Waals surface area contributed by atoms with Crippen LogP contribution in [0.3, 0.4) is 0 Å². The van der Waals surface area contributed by atoms with Gasteiger partial charge in [-0.15, -0.1) is 0 Å². The van der Waals surface area contributed by atoms with Gasteiger partial charge in [-0.2, -0.15) is 0 Å². The number of ether oxygens (including phenoxy) is 1. The van der Waals surface area contributed by atoms with Crippen molar-refractivity contribution in [1.29, 1.82) is 0 Å². The van der Waals surface area contributed by atoms with Gasteiger partial charge >= 0.3 is 0 Å². The first kappa shape index (κ1) is 17.1. The second-order valence-electron chi connectivity index (χ2n) is 6.06. The molecule has 1 aliphatic heterocycles. The summed E-state index contributed by atoms with van der Waals surface area (Å²) in [5, 5.41) is 12.3. The van der Waals surface area contributed by atoms with E-state index in [2.05, 4.69) is 15.1 Å². The minimum atomic E-state index is -0.0109. The number of rotatable bonds is 5. The predicted octanol–water partition coefficient (Wildman–Crippen LogP) is 2.16. The second kappa shape index (κ2) is 7.90. The Labute approximate surface area is 147 Å². The Morgan fingerprint density at radius 1 is 1.04 bits per heavy atom. The number of amides is 1. The van der Waals surface area contributed by atoms with Crippen LogP contribution < -0.4 is 15.0 Å². The topological polar surface area (TPSA) is 65.0 Å². The molecule has 2 N–H and O–H groups in total. The van der Waals surface area contributed by atoms with Crippen molar-refractivity contribution in [1.82, 2.24) is 4.90 Å². The van der Waals surface area contributed by atoms with E-state index >= 15 is 0 Å². The molecule has 0 spiro atoms. The van der Waals surface area contributed by atoms with Crippen molar-refractivity contribution in [3.05, 3.63) is 48.5 Å². The lowest BCUT2D eigenvalue weighted by Crippen LogP contribution is -2.48. The normalized spacial score (nSPS) is 15.0. The van der Waals surface area contributed by atoms with Gasteiger partial charge < -0.3 is 20.1 Å². The summed E-state index contributed by atoms with van der Waals surface area (Å²) in [6.45, 7) is 3.77. The van der Waals surface area contributed by atoms with Crippen LogP contribution in [-0.2, 0) is 4.79 Å². The summed E-state index contributed by atoms with van der Waals surface area (Å²) in [4.78, 5) is 16.6. The van der Waals surface area contributed by atoms with E-state index in [4.69, 9.17) is 4.74 Å². The first-order valence-electron chi connectivity index (χ1n) is 8.34. The molecule has 0 bridgehead atoms. The average molecular weight is 341 g/mol. The third-order valence-corrected chi connectivity index (χ3v) is 4.33. The molecule has 3 rings (SSSR count). The van der Waals surface area contributed by atoms with Crippen molar-refractivity contribution in [2.75, 3.05) is 50.1 Å². The minimum Gasteiger partial charge on any atom is -0.508 e. The molecule has 0 radical (unpaired) electrons. The number of aromatic hydroxyl groups is 1. The number of carbonyl (C=O) groups is 1. The first-order valence-corrected chi connectivity index (χ1v) is 8.34. The fourth-order valence-corrected chi connectivity index (χ4v) is 2.91. The number of carbonyl (C=O) groups excluding carboxylic acids is 1. The summed E-state index contributed by atoms with van der Waals surface area (Å²) in [7, 11) is 1.62. The SMILES string of the molecule is COc1ccc(NC(=O)CN2CCN(c3ccc(O)cc3)CC2)cc1. The molecule has 0 aromatic heterocycles. The molecule has 6 nitrogen and oxygen atoms in total. The van der Waals surface area contributed by atoms with Gasteiger partial charge in [-0.3, -0.25) is 9.69 Å². The molecule has 2 aromatic carbocycles. The number of methoxy groups -OCH3 is 1. The molecule has 0 atom stereocenters. The number of benzene rings is 2. The van der Waals surface area contributed by atoms with Crippen molar-refractivity contribution < 1.29 is 14.6 Å². The number of nitrogens with one attached hydrogen (secondary N) is 1. The number of hydrogen-bond acceptors (Lipinski definition) is 5. The highest BCUT2D eigenvalue weighted by Gasteiger charge is 2.19. The number of piperazine rings is 1. The van der Waals surface area contributed by atoms with Crippen LogP contribution in [0.1, 0.15) is 0 Å². The highest BCUT2D eigenvalue weighted by atomic mass is 16.5. The van der Waals surface area contributed by atoms with Crippen molar-refractivity contribution in [3.8, 4) is 11.5 Å². The van der Waals surface area contributed by atoms with Gasteiger partial charge in [0.1, 0.15) is 11.5 Å². The van der Waals surface area contributed by atoms with Crippen LogP contribution in [0.25, 0.3) is 0 Å². The van der Waals surface area contributed by atoms with Crippen molar-refractivity contribution in [3.63, 3.8) is 0 Å². The predicted molar refractivity (Wildman–Crippen MR) is 98.4 cm³/mol. The molecule has 1 aliphatic rings. The van der Waals surface area contributed by atoms with Crippen LogP contribution in [0.15, 0.2) is 48.5 Å². The van der Waals surface area contributed by atoms with E-state index in [0.717, 1.165) is 43.3 Å². The molecule has 2 aromatic rings. The van der Waals surface area contributed by atoms with Crippen molar-refractivity contribution in [2.45, 2.75) is 0 Å². The van der Waals surface area contributed by atoms with Crippen LogP contribution >= 0.6 is 0 Å². The summed E-state index contributed by atoms with van der Waals surface area (Å²) >= 11 is 0. The first-order chi connectivity index (χ1) is 12.1. The molecule has 1 heterocycles. The molecule has 1 fully saturated rings. The third kappa shape index (κ3) is 4.64. The number of anilines is 2. The zero-order valence-corrected chi connectivity index (χ0v) is 14.3. The summed E-state index contributed by atoms with van der Waals surface area (Å²) in [5.74, 6) is 1.03. The van der Waals surface area contributed by atoms with Crippen LogP contribution in [0.2, 0.25) is 0 Å². The monoisotopic (exact) mass is 341 g/mol. The minimum absolute atomic E-state index is 0.0109. The molecule has 1 saturated heterocycles. The maximum absolute atomic E-state index is 12.2. The maximum Gasteiger partial charge on any atom is 0.238 e. The van der Waals surface area contributed by atoms with E-state index in [-0.39, 0.29) is 11.7 Å². The van der Waals surface area contributed by atoms with Gasteiger partial charge in [0.05, 0.1) is 13.7 Å². The standard InChI is InChI=1S/C19H23N3O3/c1-25-18-8-2-15(3-9-18)20-19(24)14-21-10-12-22(13-11-21)16-4-6-17(23)7-5-16/h2-9,23H,10-14H2,1H3,(H,20,24). The van der Waals surface area contributed by atoms with Gasteiger partial charge in [0.25, 0.3) is 0 Å². The fourth-order valence-electron chi connectivity index (χ4n) is 2.91. The second-order valence-corrected chi connectivity index (χ2v) is 6.06. The summed E-state index contributed by atoms with van der Waals surface area (Å²) < 4.78 is 5.11. The number of phenols is 1. The van der Waals surface area contributed by atoms with Gasteiger partial charge in [0.2, 0.25) is 5.91 Å². The quantitative estimate of drug-likeness (QED) is 0.872. The van der Waals surface area contributed by atoms with Gasteiger partial charge in [-0.25, -0.2) is 0 Å². The van der Waals surface area contributed by atoms with E-state index in [1.807, 2.05) is 36.4 Å². The molecular formula is C19H23N3O3. The maximum atomic E-state index is 12.2. The number of nitrogens with zero attached hydrogens (tertiary/aromatic N) is 2. The summed E-state index contributed by atoms with van der Waals surface area (Å²) in [6.07, 6.45) is 0. The van der Waals surface area contributed by atoms with E-state index < -0.39 is 0 Å². The zero-order chi connectivity index (χ0) is 17.6. The lowest BCUT2D eigenvalue weighted by Gasteiger charge is -2.35. The number of hydrogen-bond donors (Lipinski definition) is 2. The van der Waals surface area contributed by atoms with Crippen LogP contribution in [-0.4, -0.2) is 55.7 Å². The van der Waals surface area contributed by atoms with E-state index in [9.17, 15) is 9.90 Å². The molecule has 6 heteroatoms. The molecular weight excluding hydrogens is 318 g/mol. The molecule has 25 heavy (non-hydrogen) atoms. The Balaban J connectivity index is 1.46. The largest absolute Gasteiger partial charge is 0.508 e. The average Bonchev–Trinajstić information content (AvgIpc) is 2.64. The van der Waals surface area contributed by atoms with E-state index in [1.165, 1.54) is 0 Å². The Hall–Kier alpha value is -2.73. The lowest BCUT2D eigenvalue weighted by atomic mass is 10.2. The zero-order valence-electron chi connectivity index (χ0n) is 14.3. The Bertz CT molecular complexity index is 693. The highest BCUT2D eigenvalue weighted by molar-refractivity contribution is 5.92. The molecule has 0 saturated carbocycles. The van der Waals surface area contributed by atoms with Crippen LogP contribution in [0.5, 0.6) is 11.5 Å². The van der Waals surface area contributed by atoms with Crippen LogP contribution in [0.4, 0.5) is 11.4 Å². The molecule has 0 unspecified atom stereocenters. The van der Waals surface area contributed by atoms with E-state index in [0.29, 0.717) is 6.54 Å². The van der Waals surface area contributed by atoms with Crippen molar-refractivity contribution in [2.24, 2.45) is 0 Å².